The molecule has 0 amide bonds. The molecule has 0 nitrogen and oxygen atoms in total. The maximum Gasteiger partial charge on any atom is 0.00827 e. The van der Waals surface area contributed by atoms with Crippen molar-refractivity contribution in [1.29, 1.82) is 0 Å². The number of rotatable bonds is 7. The molecule has 3 aliphatic rings. The first-order chi connectivity index (χ1) is 21.0. The van der Waals surface area contributed by atoms with E-state index in [4.69, 9.17) is 0 Å². The lowest BCUT2D eigenvalue weighted by atomic mass is 9.66. The second-order valence-electron chi connectivity index (χ2n) is 17.3. The van der Waals surface area contributed by atoms with Crippen LogP contribution >= 0.6 is 0 Å². The van der Waals surface area contributed by atoms with E-state index < -0.39 is 0 Å². The van der Waals surface area contributed by atoms with Crippen molar-refractivity contribution < 1.29 is 0 Å². The fourth-order valence-corrected chi connectivity index (χ4v) is 8.64. The number of hydrogen-bond acceptors (Lipinski definition) is 0. The lowest BCUT2D eigenvalue weighted by molar-refractivity contribution is 0.198. The van der Waals surface area contributed by atoms with E-state index in [9.17, 15) is 0 Å². The zero-order chi connectivity index (χ0) is 32.8. The van der Waals surface area contributed by atoms with Crippen LogP contribution in [0.2, 0.25) is 0 Å². The summed E-state index contributed by atoms with van der Waals surface area (Å²) < 4.78 is 0. The van der Waals surface area contributed by atoms with Gasteiger partial charge in [-0.05, 0) is 132 Å². The molecule has 2 aromatic carbocycles. The maximum absolute atomic E-state index is 4.64. The Kier molecular flexibility index (Phi) is 9.48. The monoisotopic (exact) mass is 600 g/mol. The summed E-state index contributed by atoms with van der Waals surface area (Å²) in [6.07, 6.45) is 15.3. The molecule has 0 heterocycles. The molecule has 1 fully saturated rings. The summed E-state index contributed by atoms with van der Waals surface area (Å²) in [5.41, 5.74) is 16.2. The summed E-state index contributed by atoms with van der Waals surface area (Å²) >= 11 is 0. The van der Waals surface area contributed by atoms with Crippen LogP contribution in [0.3, 0.4) is 0 Å². The van der Waals surface area contributed by atoms with Crippen LogP contribution in [-0.2, 0) is 12.8 Å². The van der Waals surface area contributed by atoms with Gasteiger partial charge in [0.25, 0.3) is 0 Å². The van der Waals surface area contributed by atoms with Gasteiger partial charge in [0.2, 0.25) is 0 Å². The van der Waals surface area contributed by atoms with Gasteiger partial charge in [0.05, 0.1) is 0 Å². The predicted molar refractivity (Wildman–Crippen MR) is 198 cm³/mol. The number of hydrogen-bond donors (Lipinski definition) is 0. The molecular formula is C45H60. The zero-order valence-electron chi connectivity index (χ0n) is 30.1. The van der Waals surface area contributed by atoms with E-state index in [1.54, 1.807) is 5.56 Å². The van der Waals surface area contributed by atoms with Crippen molar-refractivity contribution in [1.82, 2.24) is 0 Å². The van der Waals surface area contributed by atoms with E-state index in [0.717, 1.165) is 25.2 Å². The number of fused-ring (bicyclic) bond motifs is 1. The Bertz CT molecular complexity index is 1540. The molecule has 5 atom stereocenters. The quantitative estimate of drug-likeness (QED) is 0.277. The molecule has 0 saturated heterocycles. The molecule has 45 heavy (non-hydrogen) atoms. The minimum absolute atomic E-state index is 0.195. The Morgan fingerprint density at radius 2 is 1.67 bits per heavy atom. The molecule has 0 spiro atoms. The van der Waals surface area contributed by atoms with Crippen LogP contribution < -0.4 is 0 Å². The average Bonchev–Trinajstić information content (AvgIpc) is 3.36. The van der Waals surface area contributed by atoms with Gasteiger partial charge in [-0.1, -0.05) is 139 Å². The zero-order valence-corrected chi connectivity index (χ0v) is 30.1. The summed E-state index contributed by atoms with van der Waals surface area (Å²) in [7, 11) is 0. The van der Waals surface area contributed by atoms with Crippen LogP contribution in [0.1, 0.15) is 108 Å². The van der Waals surface area contributed by atoms with Gasteiger partial charge in [-0.3, -0.25) is 0 Å². The highest BCUT2D eigenvalue weighted by Gasteiger charge is 2.34. The smallest absolute Gasteiger partial charge is 0.00827 e. The van der Waals surface area contributed by atoms with E-state index in [2.05, 4.69) is 131 Å². The normalized spacial score (nSPS) is 25.4. The van der Waals surface area contributed by atoms with E-state index in [-0.39, 0.29) is 10.8 Å². The molecule has 0 bridgehead atoms. The molecule has 3 aliphatic carbocycles. The van der Waals surface area contributed by atoms with Gasteiger partial charge in [0, 0.05) is 5.92 Å². The lowest BCUT2D eigenvalue weighted by Crippen LogP contribution is -2.28. The fourth-order valence-electron chi connectivity index (χ4n) is 8.64. The van der Waals surface area contributed by atoms with E-state index >= 15 is 0 Å². The molecule has 240 valence electrons. The molecule has 1 saturated carbocycles. The molecule has 0 N–H and O–H groups in total. The predicted octanol–water partition coefficient (Wildman–Crippen LogP) is 12.8. The Balaban J connectivity index is 1.37. The van der Waals surface area contributed by atoms with Crippen LogP contribution in [0.4, 0.5) is 0 Å². The van der Waals surface area contributed by atoms with Crippen molar-refractivity contribution in [2.45, 2.75) is 107 Å². The first-order valence-electron chi connectivity index (χ1n) is 17.7. The average molecular weight is 601 g/mol. The van der Waals surface area contributed by atoms with Crippen LogP contribution in [-0.4, -0.2) is 0 Å². The molecule has 0 radical (unpaired) electrons. The van der Waals surface area contributed by atoms with Crippen molar-refractivity contribution in [3.63, 3.8) is 0 Å². The minimum Gasteiger partial charge on any atom is -0.0991 e. The van der Waals surface area contributed by atoms with Gasteiger partial charge in [0.15, 0.2) is 0 Å². The molecule has 0 aliphatic heterocycles. The summed E-state index contributed by atoms with van der Waals surface area (Å²) in [4.78, 5) is 0. The molecule has 5 rings (SSSR count). The largest absolute Gasteiger partial charge is 0.0991 e. The van der Waals surface area contributed by atoms with Crippen LogP contribution in [0, 0.1) is 54.3 Å². The van der Waals surface area contributed by atoms with Gasteiger partial charge in [0.1, 0.15) is 0 Å². The van der Waals surface area contributed by atoms with E-state index in [1.165, 1.54) is 81.4 Å². The summed E-state index contributed by atoms with van der Waals surface area (Å²) in [6.45, 7) is 34.8. The summed E-state index contributed by atoms with van der Waals surface area (Å²) in [6, 6.07) is 11.9. The highest BCUT2D eigenvalue weighted by Crippen LogP contribution is 2.46. The topological polar surface area (TPSA) is 0 Å². The molecular weight excluding hydrogens is 540 g/mol. The standard InChI is InChI=1S/C45H60/c1-28-20-31(4)41(26-35-18-19-36(22-30(35)3)33(6)45(10,11)12)43(21-28)39-15-13-14-37-23-34(25-42(37)39)24-40-29(2)16-17-38(32(40)5)27-44(7,8)9/h13-17,20-21,23,30,35-36,38,40H,2,5-6,18-19,22,24-27H2,1,3-4,7-12H3/t30-,35-,36?,38?,40?/m0/s1. The lowest BCUT2D eigenvalue weighted by Gasteiger charge is -2.39. The number of aryl methyl sites for hydroxylation is 2. The highest BCUT2D eigenvalue weighted by molar-refractivity contribution is 5.80. The maximum atomic E-state index is 4.64. The number of allylic oxidation sites excluding steroid dienone is 6. The van der Waals surface area contributed by atoms with Gasteiger partial charge >= 0.3 is 0 Å². The van der Waals surface area contributed by atoms with Crippen molar-refractivity contribution >= 4 is 6.08 Å². The van der Waals surface area contributed by atoms with Gasteiger partial charge < -0.3 is 0 Å². The van der Waals surface area contributed by atoms with Crippen molar-refractivity contribution in [2.75, 3.05) is 0 Å². The van der Waals surface area contributed by atoms with E-state index in [0.29, 0.717) is 23.7 Å². The second kappa shape index (κ2) is 12.7. The van der Waals surface area contributed by atoms with Crippen molar-refractivity contribution in [3.05, 3.63) is 112 Å². The Hall–Kier alpha value is -2.86. The minimum atomic E-state index is 0.195. The van der Waals surface area contributed by atoms with Crippen LogP contribution in [0.25, 0.3) is 17.2 Å². The van der Waals surface area contributed by atoms with Gasteiger partial charge in [-0.25, -0.2) is 0 Å². The summed E-state index contributed by atoms with van der Waals surface area (Å²) in [5.74, 6) is 2.85. The van der Waals surface area contributed by atoms with Crippen LogP contribution in [0.15, 0.2) is 84.5 Å². The molecule has 2 aromatic rings. The van der Waals surface area contributed by atoms with Crippen LogP contribution in [0.5, 0.6) is 0 Å². The summed E-state index contributed by atoms with van der Waals surface area (Å²) in [5, 5.41) is 0. The second-order valence-corrected chi connectivity index (χ2v) is 17.3. The SMILES string of the molecule is C=C1C=CC(CC(C)(C)C)C(=C)C1CC1=Cc2cccc(-c3cc(C)cc(C)c3C[C@@H]3CCC(C(=C)C(C)(C)C)C[C@@H]3C)c2C1. The molecule has 0 heteroatoms. The highest BCUT2D eigenvalue weighted by atomic mass is 14.4. The van der Waals surface area contributed by atoms with E-state index in [1.807, 2.05) is 0 Å². The number of benzene rings is 2. The Labute approximate surface area is 276 Å². The molecule has 3 unspecified atom stereocenters. The third-order valence-electron chi connectivity index (χ3n) is 11.4. The van der Waals surface area contributed by atoms with Crippen molar-refractivity contribution in [2.24, 2.45) is 40.4 Å². The Morgan fingerprint density at radius 1 is 0.933 bits per heavy atom. The fraction of sp³-hybridized carbons (Fsp3) is 0.511. The first kappa shape index (κ1) is 33.5. The molecule has 0 aromatic heterocycles. The third-order valence-corrected chi connectivity index (χ3v) is 11.4. The van der Waals surface area contributed by atoms with Gasteiger partial charge in [-0.15, -0.1) is 0 Å². The Morgan fingerprint density at radius 3 is 2.33 bits per heavy atom. The third kappa shape index (κ3) is 7.42. The van der Waals surface area contributed by atoms with Gasteiger partial charge in [-0.2, -0.15) is 0 Å². The first-order valence-corrected chi connectivity index (χ1v) is 17.7. The van der Waals surface area contributed by atoms with Crippen molar-refractivity contribution in [3.8, 4) is 11.1 Å².